The lowest BCUT2D eigenvalue weighted by molar-refractivity contribution is -0.121. The first-order valence-electron chi connectivity index (χ1n) is 15.0. The molecule has 1 fully saturated rings. The predicted molar refractivity (Wildman–Crippen MR) is 175 cm³/mol. The van der Waals surface area contributed by atoms with E-state index < -0.39 is 11.9 Å². The van der Waals surface area contributed by atoms with Gasteiger partial charge in [0.25, 0.3) is 0 Å². The predicted octanol–water partition coefficient (Wildman–Crippen LogP) is 4.21. The summed E-state index contributed by atoms with van der Waals surface area (Å²) in [5.74, 6) is -1.01. The molecule has 10 nitrogen and oxygen atoms in total. The van der Waals surface area contributed by atoms with Crippen molar-refractivity contribution >= 4 is 40.0 Å². The van der Waals surface area contributed by atoms with Crippen molar-refractivity contribution in [2.75, 3.05) is 60.5 Å². The molecule has 0 spiro atoms. The number of benzene rings is 3. The minimum absolute atomic E-state index is 0.207. The van der Waals surface area contributed by atoms with Crippen molar-refractivity contribution in [1.82, 2.24) is 19.3 Å². The standard InChI is InChI=1S/C35H39N5O5/c1-24(41)40-31-20-27(35(44)45-4)12-15-30(31)32(34(40)43)33(26-8-6-5-7-9-26)36-28-13-10-25(11-14-28)21-38(3)22-29(42)23-39-18-16-37(2)17-19-39/h5-15,20,43H,16-19,21-23H2,1-4H3. The van der Waals surface area contributed by atoms with E-state index in [9.17, 15) is 19.5 Å². The van der Waals surface area contributed by atoms with Gasteiger partial charge in [-0.1, -0.05) is 48.5 Å². The van der Waals surface area contributed by atoms with Gasteiger partial charge in [0.2, 0.25) is 11.8 Å². The second kappa shape index (κ2) is 14.0. The number of carbonyl (C=O) groups excluding carboxylic acids is 3. The summed E-state index contributed by atoms with van der Waals surface area (Å²) in [4.78, 5) is 49.1. The maximum Gasteiger partial charge on any atom is 0.337 e. The number of nitrogens with zero attached hydrogens (tertiary/aromatic N) is 5. The molecule has 0 atom stereocenters. The molecule has 0 radical (unpaired) electrons. The Kier molecular flexibility index (Phi) is 9.87. The minimum Gasteiger partial charge on any atom is -0.494 e. The average Bonchev–Trinajstić information content (AvgIpc) is 3.32. The first-order valence-corrected chi connectivity index (χ1v) is 15.0. The van der Waals surface area contributed by atoms with E-state index in [1.165, 1.54) is 24.7 Å². The number of aromatic nitrogens is 1. The number of hydrogen-bond acceptors (Lipinski definition) is 9. The van der Waals surface area contributed by atoms with Crippen LogP contribution in [0.25, 0.3) is 10.9 Å². The van der Waals surface area contributed by atoms with Gasteiger partial charge in [-0.2, -0.15) is 0 Å². The summed E-state index contributed by atoms with van der Waals surface area (Å²) < 4.78 is 6.04. The fourth-order valence-corrected chi connectivity index (χ4v) is 5.71. The van der Waals surface area contributed by atoms with Crippen LogP contribution in [-0.4, -0.2) is 108 Å². The monoisotopic (exact) mass is 609 g/mol. The van der Waals surface area contributed by atoms with Crippen LogP contribution in [-0.2, 0) is 16.1 Å². The van der Waals surface area contributed by atoms with Gasteiger partial charge in [-0.3, -0.25) is 24.0 Å². The van der Waals surface area contributed by atoms with E-state index in [4.69, 9.17) is 9.73 Å². The van der Waals surface area contributed by atoms with Crippen molar-refractivity contribution in [1.29, 1.82) is 0 Å². The number of methoxy groups -OCH3 is 1. The zero-order valence-electron chi connectivity index (χ0n) is 26.2. The summed E-state index contributed by atoms with van der Waals surface area (Å²) in [6.07, 6.45) is 0. The fourth-order valence-electron chi connectivity index (χ4n) is 5.71. The Balaban J connectivity index is 1.42. The molecule has 0 unspecified atom stereocenters. The zero-order chi connectivity index (χ0) is 32.1. The number of aromatic hydroxyl groups is 1. The van der Waals surface area contributed by atoms with Gasteiger partial charge in [0.1, 0.15) is 0 Å². The molecule has 0 bridgehead atoms. The van der Waals surface area contributed by atoms with E-state index in [0.29, 0.717) is 47.5 Å². The molecule has 0 aliphatic carbocycles. The van der Waals surface area contributed by atoms with Crippen LogP contribution in [0.1, 0.15) is 38.8 Å². The number of likely N-dealkylation sites (N-methyl/N-ethyl adjacent to an activating group) is 2. The molecule has 0 saturated carbocycles. The number of aliphatic imine (C=N–C) groups is 1. The van der Waals surface area contributed by atoms with E-state index in [2.05, 4.69) is 16.8 Å². The Labute approximate surface area is 263 Å². The number of carbonyl (C=O) groups is 3. The van der Waals surface area contributed by atoms with E-state index >= 15 is 0 Å². The number of hydrogen-bond donors (Lipinski definition) is 1. The SMILES string of the molecule is COC(=O)c1ccc2c(C(=Nc3ccc(CN(C)CC(=O)CN4CCN(C)CC4)cc3)c3ccccc3)c(O)n(C(C)=O)c2c1. The lowest BCUT2D eigenvalue weighted by Gasteiger charge is -2.32. The van der Waals surface area contributed by atoms with Crippen LogP contribution in [0.3, 0.4) is 0 Å². The zero-order valence-corrected chi connectivity index (χ0v) is 26.2. The van der Waals surface area contributed by atoms with Crippen LogP contribution in [0.5, 0.6) is 5.88 Å². The fraction of sp³-hybridized carbons (Fsp3) is 0.314. The number of Topliss-reactive ketones (excluding diaryl/α,β-unsaturated/α-hetero) is 1. The first kappa shape index (κ1) is 31.8. The molecular weight excluding hydrogens is 570 g/mol. The minimum atomic E-state index is -0.545. The van der Waals surface area contributed by atoms with Gasteiger partial charge in [0.05, 0.1) is 48.2 Å². The second-order valence-electron chi connectivity index (χ2n) is 11.6. The van der Waals surface area contributed by atoms with Gasteiger partial charge in [0, 0.05) is 50.6 Å². The molecule has 1 saturated heterocycles. The highest BCUT2D eigenvalue weighted by molar-refractivity contribution is 6.23. The molecule has 1 aliphatic rings. The topological polar surface area (TPSA) is 108 Å². The number of esters is 1. The van der Waals surface area contributed by atoms with Crippen molar-refractivity contribution < 1.29 is 24.2 Å². The highest BCUT2D eigenvalue weighted by Gasteiger charge is 2.25. The summed E-state index contributed by atoms with van der Waals surface area (Å²) >= 11 is 0. The molecule has 10 heteroatoms. The Morgan fingerprint density at radius 2 is 1.62 bits per heavy atom. The molecule has 234 valence electrons. The van der Waals surface area contributed by atoms with Gasteiger partial charge in [-0.15, -0.1) is 0 Å². The number of ketones is 1. The van der Waals surface area contributed by atoms with Crippen molar-refractivity contribution in [3.63, 3.8) is 0 Å². The lowest BCUT2D eigenvalue weighted by atomic mass is 10.00. The van der Waals surface area contributed by atoms with E-state index in [1.54, 1.807) is 12.1 Å². The third-order valence-electron chi connectivity index (χ3n) is 8.04. The normalized spacial score (nSPS) is 14.6. The lowest BCUT2D eigenvalue weighted by Crippen LogP contribution is -2.47. The van der Waals surface area contributed by atoms with E-state index in [1.807, 2.05) is 66.5 Å². The Bertz CT molecular complexity index is 1720. The van der Waals surface area contributed by atoms with Crippen molar-refractivity contribution in [2.24, 2.45) is 4.99 Å². The summed E-state index contributed by atoms with van der Waals surface area (Å²) in [6.45, 7) is 6.62. The van der Waals surface area contributed by atoms with E-state index in [0.717, 1.165) is 37.3 Å². The summed E-state index contributed by atoms with van der Waals surface area (Å²) in [5.41, 5.74) is 3.93. The molecule has 1 N–H and O–H groups in total. The molecule has 4 aromatic rings. The van der Waals surface area contributed by atoms with Crippen molar-refractivity contribution in [3.05, 3.63) is 95.1 Å². The molecule has 2 heterocycles. The third kappa shape index (κ3) is 7.37. The Hall–Kier alpha value is -4.64. The van der Waals surface area contributed by atoms with Crippen LogP contribution in [0.15, 0.2) is 77.8 Å². The summed E-state index contributed by atoms with van der Waals surface area (Å²) in [5, 5.41) is 12.0. The number of piperazine rings is 1. The summed E-state index contributed by atoms with van der Waals surface area (Å²) in [7, 11) is 5.34. The molecule has 1 aliphatic heterocycles. The second-order valence-corrected chi connectivity index (χ2v) is 11.6. The molecule has 0 amide bonds. The first-order chi connectivity index (χ1) is 21.6. The highest BCUT2D eigenvalue weighted by atomic mass is 16.5. The maximum atomic E-state index is 12.7. The van der Waals surface area contributed by atoms with Crippen LogP contribution in [0.4, 0.5) is 5.69 Å². The van der Waals surface area contributed by atoms with E-state index in [-0.39, 0.29) is 17.2 Å². The van der Waals surface area contributed by atoms with Gasteiger partial charge in [0.15, 0.2) is 5.78 Å². The van der Waals surface area contributed by atoms with Crippen LogP contribution < -0.4 is 0 Å². The van der Waals surface area contributed by atoms with Gasteiger partial charge in [-0.05, 0) is 43.9 Å². The Morgan fingerprint density at radius 3 is 2.27 bits per heavy atom. The highest BCUT2D eigenvalue weighted by Crippen LogP contribution is 2.35. The summed E-state index contributed by atoms with van der Waals surface area (Å²) in [6, 6.07) is 22.0. The van der Waals surface area contributed by atoms with Gasteiger partial charge >= 0.3 is 5.97 Å². The molecule has 5 rings (SSSR count). The molecule has 1 aromatic heterocycles. The molecule has 3 aromatic carbocycles. The Morgan fingerprint density at radius 1 is 0.933 bits per heavy atom. The smallest absolute Gasteiger partial charge is 0.337 e. The van der Waals surface area contributed by atoms with Crippen LogP contribution in [0.2, 0.25) is 0 Å². The van der Waals surface area contributed by atoms with Gasteiger partial charge in [-0.25, -0.2) is 9.79 Å². The van der Waals surface area contributed by atoms with Crippen LogP contribution >= 0.6 is 0 Å². The average molecular weight is 610 g/mol. The van der Waals surface area contributed by atoms with Crippen LogP contribution in [0, 0.1) is 0 Å². The number of ether oxygens (including phenoxy) is 1. The third-order valence-corrected chi connectivity index (χ3v) is 8.04. The van der Waals surface area contributed by atoms with Crippen molar-refractivity contribution in [3.8, 4) is 5.88 Å². The largest absolute Gasteiger partial charge is 0.494 e. The molecule has 45 heavy (non-hydrogen) atoms. The molecular formula is C35H39N5O5. The quantitative estimate of drug-likeness (QED) is 0.211. The van der Waals surface area contributed by atoms with Gasteiger partial charge < -0.3 is 14.7 Å². The number of fused-ring (bicyclic) bond motifs is 1. The number of rotatable bonds is 10. The maximum absolute atomic E-state index is 12.7. The van der Waals surface area contributed by atoms with Crippen molar-refractivity contribution in [2.45, 2.75) is 13.5 Å².